The zero-order valence-electron chi connectivity index (χ0n) is 12.3. The Labute approximate surface area is 142 Å². The summed E-state index contributed by atoms with van der Waals surface area (Å²) in [5, 5.41) is 0.780. The van der Waals surface area contributed by atoms with E-state index in [1.165, 1.54) is 0 Å². The zero-order chi connectivity index (χ0) is 16.2. The van der Waals surface area contributed by atoms with Gasteiger partial charge in [0, 0.05) is 15.4 Å². The van der Waals surface area contributed by atoms with Crippen LogP contribution < -0.4 is 0 Å². The first-order valence-corrected chi connectivity index (χ1v) is 7.92. The monoisotopic (exact) mass is 367 g/mol. The van der Waals surface area contributed by atoms with Gasteiger partial charge < -0.3 is 4.74 Å². The molecule has 0 bridgehead atoms. The second-order valence-corrected chi connectivity index (χ2v) is 5.88. The first kappa shape index (κ1) is 15.4. The summed E-state index contributed by atoms with van der Waals surface area (Å²) in [6.45, 7) is 3.75. The minimum absolute atomic E-state index is 0.184. The Morgan fingerprint density at radius 1 is 1.17 bits per heavy atom. The highest BCUT2D eigenvalue weighted by Gasteiger charge is 2.14. The van der Waals surface area contributed by atoms with Gasteiger partial charge in [-0.1, -0.05) is 58.9 Å². The Kier molecular flexibility index (Phi) is 4.53. The molecule has 0 spiro atoms. The maximum absolute atomic E-state index is 12.3. The lowest BCUT2D eigenvalue weighted by Crippen LogP contribution is -2.07. The van der Waals surface area contributed by atoms with Gasteiger partial charge in [-0.2, -0.15) is 0 Å². The highest BCUT2D eigenvalue weighted by atomic mass is 79.9. The van der Waals surface area contributed by atoms with Gasteiger partial charge in [-0.25, -0.2) is 9.78 Å². The topological polar surface area (TPSA) is 39.2 Å². The summed E-state index contributed by atoms with van der Waals surface area (Å²) < 4.78 is 6.20. The Hall–Kier alpha value is -2.46. The fourth-order valence-corrected chi connectivity index (χ4v) is 2.59. The molecule has 0 aliphatic heterocycles. The van der Waals surface area contributed by atoms with Gasteiger partial charge in [-0.15, -0.1) is 0 Å². The van der Waals surface area contributed by atoms with Crippen LogP contribution in [0.5, 0.6) is 0 Å². The second kappa shape index (κ2) is 6.75. The van der Waals surface area contributed by atoms with E-state index in [9.17, 15) is 4.79 Å². The molecule has 0 unspecified atom stereocenters. The molecule has 0 radical (unpaired) electrons. The van der Waals surface area contributed by atoms with E-state index >= 15 is 0 Å². The molecule has 0 amide bonds. The quantitative estimate of drug-likeness (QED) is 0.480. The van der Waals surface area contributed by atoms with Gasteiger partial charge >= 0.3 is 5.97 Å². The van der Waals surface area contributed by atoms with Crippen LogP contribution in [0.4, 0.5) is 0 Å². The van der Waals surface area contributed by atoms with E-state index in [0.29, 0.717) is 5.56 Å². The molecule has 0 aliphatic carbocycles. The van der Waals surface area contributed by atoms with E-state index < -0.39 is 0 Å². The van der Waals surface area contributed by atoms with Gasteiger partial charge in [-0.3, -0.25) is 0 Å². The van der Waals surface area contributed by atoms with Gasteiger partial charge in [-0.05, 0) is 24.3 Å². The molecule has 1 aromatic heterocycles. The van der Waals surface area contributed by atoms with E-state index in [2.05, 4.69) is 27.5 Å². The summed E-state index contributed by atoms with van der Waals surface area (Å²) in [5.41, 5.74) is 2.95. The largest absolute Gasteiger partial charge is 0.458 e. The number of benzene rings is 2. The molecule has 0 N–H and O–H groups in total. The number of carbonyl (C=O) groups is 1. The molecule has 1 heterocycles. The van der Waals surface area contributed by atoms with Crippen LogP contribution in [-0.4, -0.2) is 17.6 Å². The summed E-state index contributed by atoms with van der Waals surface area (Å²) in [7, 11) is 0. The van der Waals surface area contributed by atoms with Gasteiger partial charge in [0.15, 0.2) is 0 Å². The van der Waals surface area contributed by atoms with Crippen molar-refractivity contribution >= 4 is 32.8 Å². The van der Waals surface area contributed by atoms with E-state index in [1.807, 2.05) is 48.5 Å². The van der Waals surface area contributed by atoms with Crippen molar-refractivity contribution < 1.29 is 9.53 Å². The molecule has 0 atom stereocenters. The Balaban J connectivity index is 2.15. The molecule has 0 saturated heterocycles. The highest BCUT2D eigenvalue weighted by Crippen LogP contribution is 2.26. The lowest BCUT2D eigenvalue weighted by molar-refractivity contribution is 0.0552. The summed E-state index contributed by atoms with van der Waals surface area (Å²) in [5.74, 6) is -0.373. The van der Waals surface area contributed by atoms with Crippen molar-refractivity contribution in [3.63, 3.8) is 0 Å². The summed E-state index contributed by atoms with van der Waals surface area (Å²) in [4.78, 5) is 17.0. The van der Waals surface area contributed by atoms with E-state index in [-0.39, 0.29) is 12.6 Å². The lowest BCUT2D eigenvalue weighted by Gasteiger charge is -2.09. The van der Waals surface area contributed by atoms with Crippen LogP contribution in [0.1, 0.15) is 10.4 Å². The molecule has 0 saturated carbocycles. The minimum atomic E-state index is -0.373. The van der Waals surface area contributed by atoms with Gasteiger partial charge in [0.25, 0.3) is 0 Å². The molecule has 3 aromatic rings. The van der Waals surface area contributed by atoms with Crippen molar-refractivity contribution in [2.24, 2.45) is 0 Å². The summed E-state index contributed by atoms with van der Waals surface area (Å²) in [6, 6.07) is 17.1. The molecule has 2 aromatic carbocycles. The number of nitrogens with zero attached hydrogens (tertiary/aromatic N) is 1. The maximum atomic E-state index is 12.3. The fraction of sp³-hybridized carbons (Fsp3) is 0.0526. The second-order valence-electron chi connectivity index (χ2n) is 4.97. The van der Waals surface area contributed by atoms with Gasteiger partial charge in [0.1, 0.15) is 6.61 Å². The van der Waals surface area contributed by atoms with Crippen molar-refractivity contribution in [1.82, 2.24) is 4.98 Å². The average Bonchev–Trinajstić information content (AvgIpc) is 2.59. The van der Waals surface area contributed by atoms with E-state index in [1.54, 1.807) is 12.1 Å². The highest BCUT2D eigenvalue weighted by molar-refractivity contribution is 9.10. The number of esters is 1. The third-order valence-electron chi connectivity index (χ3n) is 3.41. The summed E-state index contributed by atoms with van der Waals surface area (Å²) >= 11 is 3.42. The van der Waals surface area contributed by atoms with Gasteiger partial charge in [0.05, 0.1) is 16.8 Å². The molecule has 0 fully saturated rings. The zero-order valence-corrected chi connectivity index (χ0v) is 13.9. The third-order valence-corrected chi connectivity index (χ3v) is 3.94. The normalized spacial score (nSPS) is 10.5. The van der Waals surface area contributed by atoms with Crippen molar-refractivity contribution in [3.8, 4) is 11.3 Å². The number of para-hydroxylation sites is 1. The number of hydrogen-bond donors (Lipinski definition) is 0. The Morgan fingerprint density at radius 2 is 1.91 bits per heavy atom. The molecule has 114 valence electrons. The van der Waals surface area contributed by atoms with Crippen LogP contribution >= 0.6 is 15.9 Å². The van der Waals surface area contributed by atoms with Crippen LogP contribution in [-0.2, 0) is 4.74 Å². The number of aromatic nitrogens is 1. The van der Waals surface area contributed by atoms with Crippen LogP contribution in [0.25, 0.3) is 22.2 Å². The van der Waals surface area contributed by atoms with Crippen LogP contribution in [0.15, 0.2) is 71.7 Å². The lowest BCUT2D eigenvalue weighted by atomic mass is 10.0. The fourth-order valence-electron chi connectivity index (χ4n) is 2.33. The molecule has 4 heteroatoms. The number of carbonyl (C=O) groups excluding carboxylic acids is 1. The number of fused-ring (bicyclic) bond motifs is 1. The van der Waals surface area contributed by atoms with E-state index in [0.717, 1.165) is 26.6 Å². The molecule has 3 rings (SSSR count). The van der Waals surface area contributed by atoms with Crippen LogP contribution in [0, 0.1) is 0 Å². The third kappa shape index (κ3) is 3.32. The standard InChI is InChI=1S/C19H14BrNO2/c1-2-11-23-19(22)16-12-18(13-7-9-14(20)10-8-13)21-17-6-4-3-5-15(16)17/h2-10,12H,1,11H2. The minimum Gasteiger partial charge on any atom is -0.458 e. The predicted molar refractivity (Wildman–Crippen MR) is 95.4 cm³/mol. The predicted octanol–water partition coefficient (Wildman–Crippen LogP) is 5.01. The first-order chi connectivity index (χ1) is 11.2. The number of pyridine rings is 1. The van der Waals surface area contributed by atoms with Crippen molar-refractivity contribution in [1.29, 1.82) is 0 Å². The SMILES string of the molecule is C=CCOC(=O)c1cc(-c2ccc(Br)cc2)nc2ccccc12. The summed E-state index contributed by atoms with van der Waals surface area (Å²) in [6.07, 6.45) is 1.55. The van der Waals surface area contributed by atoms with Crippen molar-refractivity contribution in [2.75, 3.05) is 6.61 Å². The molecule has 23 heavy (non-hydrogen) atoms. The number of rotatable bonds is 4. The number of ether oxygens (including phenoxy) is 1. The van der Waals surface area contributed by atoms with Crippen molar-refractivity contribution in [2.45, 2.75) is 0 Å². The number of hydrogen-bond acceptors (Lipinski definition) is 3. The molecular formula is C19H14BrNO2. The first-order valence-electron chi connectivity index (χ1n) is 7.13. The van der Waals surface area contributed by atoms with Crippen molar-refractivity contribution in [3.05, 3.63) is 77.3 Å². The van der Waals surface area contributed by atoms with Crippen LogP contribution in [0.3, 0.4) is 0 Å². The van der Waals surface area contributed by atoms with E-state index in [4.69, 9.17) is 4.74 Å². The Bertz CT molecular complexity index is 872. The Morgan fingerprint density at radius 3 is 2.65 bits per heavy atom. The average molecular weight is 368 g/mol. The van der Waals surface area contributed by atoms with Crippen LogP contribution in [0.2, 0.25) is 0 Å². The smallest absolute Gasteiger partial charge is 0.339 e. The molecule has 0 aliphatic rings. The molecule has 3 nitrogen and oxygen atoms in total. The van der Waals surface area contributed by atoms with Gasteiger partial charge in [0.2, 0.25) is 0 Å². The maximum Gasteiger partial charge on any atom is 0.339 e. The number of halogens is 1. The molecular weight excluding hydrogens is 354 g/mol.